The van der Waals surface area contributed by atoms with Crippen molar-refractivity contribution in [2.24, 2.45) is 4.99 Å². The lowest BCUT2D eigenvalue weighted by Gasteiger charge is -2.34. The van der Waals surface area contributed by atoms with Crippen LogP contribution in [0.5, 0.6) is 11.5 Å². The number of hydrogen-bond acceptors (Lipinski definition) is 3. The molecule has 1 aliphatic heterocycles. The van der Waals surface area contributed by atoms with Gasteiger partial charge in [0, 0.05) is 32.5 Å². The number of halogens is 1. The molecule has 1 heterocycles. The molecule has 3 rings (SSSR count). The van der Waals surface area contributed by atoms with Crippen LogP contribution in [-0.2, 0) is 6.54 Å². The van der Waals surface area contributed by atoms with Crippen LogP contribution in [0.2, 0.25) is 0 Å². The van der Waals surface area contributed by atoms with Gasteiger partial charge in [0.05, 0.1) is 6.54 Å². The summed E-state index contributed by atoms with van der Waals surface area (Å²) in [5, 5.41) is 13.0. The molecule has 0 spiro atoms. The highest BCUT2D eigenvalue weighted by atomic mass is 127. The second-order valence-electron chi connectivity index (χ2n) is 6.46. The van der Waals surface area contributed by atoms with Crippen molar-refractivity contribution in [1.82, 2.24) is 10.2 Å². The van der Waals surface area contributed by atoms with Crippen molar-refractivity contribution < 1.29 is 9.84 Å². The van der Waals surface area contributed by atoms with E-state index in [0.717, 1.165) is 49.7 Å². The molecule has 1 aliphatic rings. The largest absolute Gasteiger partial charge is 0.508 e. The molecule has 0 bridgehead atoms. The lowest BCUT2D eigenvalue weighted by Crippen LogP contribution is -2.47. The molecule has 5 nitrogen and oxygen atoms in total. The fourth-order valence-electron chi connectivity index (χ4n) is 3.12. The van der Waals surface area contributed by atoms with E-state index in [4.69, 9.17) is 9.73 Å². The van der Waals surface area contributed by atoms with Gasteiger partial charge in [-0.2, -0.15) is 0 Å². The molecule has 0 aliphatic carbocycles. The van der Waals surface area contributed by atoms with Crippen molar-refractivity contribution >= 4 is 29.9 Å². The average molecular weight is 481 g/mol. The lowest BCUT2D eigenvalue weighted by atomic mass is 10.1. The maximum atomic E-state index is 9.59. The van der Waals surface area contributed by atoms with E-state index in [1.165, 1.54) is 0 Å². The first-order chi connectivity index (χ1) is 12.7. The molecule has 0 amide bonds. The molecule has 0 radical (unpaired) electrons. The Kier molecular flexibility index (Phi) is 8.71. The second kappa shape index (κ2) is 11.0. The SMILES string of the molecule is CCNC(=NCc1cccc(O)c1)N1CCC(Oc2ccccc2)CC1.I. The van der Waals surface area contributed by atoms with Crippen molar-refractivity contribution in [2.45, 2.75) is 32.4 Å². The van der Waals surface area contributed by atoms with Crippen LogP contribution in [0.25, 0.3) is 0 Å². The van der Waals surface area contributed by atoms with Crippen LogP contribution in [0, 0.1) is 0 Å². The Morgan fingerprint density at radius 3 is 2.56 bits per heavy atom. The van der Waals surface area contributed by atoms with Crippen molar-refractivity contribution in [2.75, 3.05) is 19.6 Å². The fraction of sp³-hybridized carbons (Fsp3) is 0.381. The van der Waals surface area contributed by atoms with E-state index in [1.807, 2.05) is 42.5 Å². The molecule has 1 fully saturated rings. The maximum absolute atomic E-state index is 9.59. The Morgan fingerprint density at radius 2 is 1.89 bits per heavy atom. The third kappa shape index (κ3) is 6.61. The number of aliphatic imine (C=N–C) groups is 1. The van der Waals surface area contributed by atoms with E-state index in [1.54, 1.807) is 12.1 Å². The predicted octanol–water partition coefficient (Wildman–Crippen LogP) is 4.02. The van der Waals surface area contributed by atoms with Crippen LogP contribution in [-0.4, -0.2) is 41.7 Å². The molecule has 1 saturated heterocycles. The molecule has 0 saturated carbocycles. The highest BCUT2D eigenvalue weighted by Crippen LogP contribution is 2.19. The van der Waals surface area contributed by atoms with Crippen LogP contribution in [0.3, 0.4) is 0 Å². The molecule has 2 aromatic carbocycles. The van der Waals surface area contributed by atoms with Gasteiger partial charge < -0.3 is 20.1 Å². The zero-order valence-corrected chi connectivity index (χ0v) is 18.0. The molecule has 2 aromatic rings. The number of phenolic OH excluding ortho intramolecular Hbond substituents is 1. The topological polar surface area (TPSA) is 57.1 Å². The third-order valence-corrected chi connectivity index (χ3v) is 4.44. The number of nitrogens with zero attached hydrogens (tertiary/aromatic N) is 2. The Bertz CT molecular complexity index is 716. The number of rotatable bonds is 5. The molecule has 6 heteroatoms. The third-order valence-electron chi connectivity index (χ3n) is 4.44. The van der Waals surface area contributed by atoms with Gasteiger partial charge in [-0.1, -0.05) is 30.3 Å². The van der Waals surface area contributed by atoms with Crippen LogP contribution in [0.4, 0.5) is 0 Å². The summed E-state index contributed by atoms with van der Waals surface area (Å²) >= 11 is 0. The molecule has 146 valence electrons. The van der Waals surface area contributed by atoms with Crippen LogP contribution in [0.15, 0.2) is 59.6 Å². The summed E-state index contributed by atoms with van der Waals surface area (Å²) in [6, 6.07) is 17.3. The number of guanidine groups is 1. The summed E-state index contributed by atoms with van der Waals surface area (Å²) in [6.45, 7) is 5.30. The van der Waals surface area contributed by atoms with E-state index in [2.05, 4.69) is 17.1 Å². The zero-order chi connectivity index (χ0) is 18.2. The number of nitrogens with one attached hydrogen (secondary N) is 1. The van der Waals surface area contributed by atoms with Crippen LogP contribution >= 0.6 is 24.0 Å². The highest BCUT2D eigenvalue weighted by Gasteiger charge is 2.22. The van der Waals surface area contributed by atoms with Gasteiger partial charge >= 0.3 is 0 Å². The lowest BCUT2D eigenvalue weighted by molar-refractivity contribution is 0.129. The second-order valence-corrected chi connectivity index (χ2v) is 6.46. The quantitative estimate of drug-likeness (QED) is 0.385. The van der Waals surface area contributed by atoms with E-state index in [-0.39, 0.29) is 35.8 Å². The fourth-order valence-corrected chi connectivity index (χ4v) is 3.12. The molecule has 27 heavy (non-hydrogen) atoms. The maximum Gasteiger partial charge on any atom is 0.194 e. The summed E-state index contributed by atoms with van der Waals surface area (Å²) in [6.07, 6.45) is 2.21. The van der Waals surface area contributed by atoms with E-state index in [9.17, 15) is 5.11 Å². The monoisotopic (exact) mass is 481 g/mol. The smallest absolute Gasteiger partial charge is 0.194 e. The minimum absolute atomic E-state index is 0. The summed E-state index contributed by atoms with van der Waals surface area (Å²) in [5.41, 5.74) is 1.00. The molecular weight excluding hydrogens is 453 g/mol. The number of para-hydroxylation sites is 1. The van der Waals surface area contributed by atoms with Gasteiger partial charge in [0.25, 0.3) is 0 Å². The van der Waals surface area contributed by atoms with Gasteiger partial charge in [-0.15, -0.1) is 24.0 Å². The number of benzene rings is 2. The van der Waals surface area contributed by atoms with Crippen molar-refractivity contribution in [3.8, 4) is 11.5 Å². The van der Waals surface area contributed by atoms with Gasteiger partial charge in [0.2, 0.25) is 0 Å². The minimum atomic E-state index is 0. The van der Waals surface area contributed by atoms with Gasteiger partial charge in [0.1, 0.15) is 17.6 Å². The van der Waals surface area contributed by atoms with Gasteiger partial charge in [-0.05, 0) is 36.8 Å². The summed E-state index contributed by atoms with van der Waals surface area (Å²) < 4.78 is 6.07. The van der Waals surface area contributed by atoms with Crippen LogP contribution in [0.1, 0.15) is 25.3 Å². The number of phenols is 1. The number of aromatic hydroxyl groups is 1. The van der Waals surface area contributed by atoms with Gasteiger partial charge in [-0.3, -0.25) is 0 Å². The molecular formula is C21H28IN3O2. The standard InChI is InChI=1S/C21H27N3O2.HI/c1-2-22-21(23-16-17-7-6-8-18(25)15-17)24-13-11-20(12-14-24)26-19-9-4-3-5-10-19;/h3-10,15,20,25H,2,11-14,16H2,1H3,(H,22,23);1H. The molecule has 2 N–H and O–H groups in total. The number of likely N-dealkylation sites (tertiary alicyclic amines) is 1. The van der Waals surface area contributed by atoms with Crippen molar-refractivity contribution in [3.05, 3.63) is 60.2 Å². The molecule has 0 atom stereocenters. The van der Waals surface area contributed by atoms with Gasteiger partial charge in [0.15, 0.2) is 5.96 Å². The van der Waals surface area contributed by atoms with Crippen molar-refractivity contribution in [3.63, 3.8) is 0 Å². The van der Waals surface area contributed by atoms with E-state index in [0.29, 0.717) is 6.54 Å². The molecule has 0 aromatic heterocycles. The van der Waals surface area contributed by atoms with E-state index >= 15 is 0 Å². The average Bonchev–Trinajstić information content (AvgIpc) is 2.67. The first-order valence-electron chi connectivity index (χ1n) is 9.27. The molecule has 0 unspecified atom stereocenters. The zero-order valence-electron chi connectivity index (χ0n) is 15.7. The Balaban J connectivity index is 0.00000261. The Morgan fingerprint density at radius 1 is 1.15 bits per heavy atom. The summed E-state index contributed by atoms with van der Waals surface area (Å²) in [5.74, 6) is 2.14. The van der Waals surface area contributed by atoms with E-state index < -0.39 is 0 Å². The highest BCUT2D eigenvalue weighted by molar-refractivity contribution is 14.0. The first kappa shape index (κ1) is 21.3. The number of hydrogen-bond donors (Lipinski definition) is 2. The normalized spacial score (nSPS) is 15.1. The number of ether oxygens (including phenoxy) is 1. The summed E-state index contributed by atoms with van der Waals surface area (Å²) in [7, 11) is 0. The van der Waals surface area contributed by atoms with Crippen LogP contribution < -0.4 is 10.1 Å². The Labute approximate surface area is 178 Å². The Hall–Kier alpha value is -1.96. The minimum Gasteiger partial charge on any atom is -0.508 e. The summed E-state index contributed by atoms with van der Waals surface area (Å²) in [4.78, 5) is 7.03. The van der Waals surface area contributed by atoms with Gasteiger partial charge in [-0.25, -0.2) is 4.99 Å². The number of piperidine rings is 1. The first-order valence-corrected chi connectivity index (χ1v) is 9.27. The van der Waals surface area contributed by atoms with Crippen molar-refractivity contribution in [1.29, 1.82) is 0 Å². The predicted molar refractivity (Wildman–Crippen MR) is 120 cm³/mol.